The predicted octanol–water partition coefficient (Wildman–Crippen LogP) is 2.17. The van der Waals surface area contributed by atoms with Crippen LogP contribution in [0.5, 0.6) is 5.75 Å². The molecule has 1 aromatic rings. The summed E-state index contributed by atoms with van der Waals surface area (Å²) in [7, 11) is 0. The zero-order valence-corrected chi connectivity index (χ0v) is 12.5. The van der Waals surface area contributed by atoms with E-state index in [1.54, 1.807) is 4.90 Å². The van der Waals surface area contributed by atoms with E-state index < -0.39 is 11.4 Å². The third-order valence-corrected chi connectivity index (χ3v) is 4.98. The van der Waals surface area contributed by atoms with Crippen molar-refractivity contribution in [2.75, 3.05) is 19.7 Å². The first-order valence-corrected chi connectivity index (χ1v) is 7.81. The summed E-state index contributed by atoms with van der Waals surface area (Å²) in [6.45, 7) is 1.26. The van der Waals surface area contributed by atoms with Crippen LogP contribution in [0.3, 0.4) is 0 Å². The molecule has 0 aromatic heterocycles. The molecule has 0 bridgehead atoms. The van der Waals surface area contributed by atoms with Crippen molar-refractivity contribution in [2.45, 2.75) is 25.7 Å². The lowest BCUT2D eigenvalue weighted by molar-refractivity contribution is -0.149. The van der Waals surface area contributed by atoms with Gasteiger partial charge in [0.2, 0.25) is 5.91 Å². The molecule has 118 valence electrons. The van der Waals surface area contributed by atoms with Crippen LogP contribution >= 0.6 is 0 Å². The second-order valence-electron chi connectivity index (χ2n) is 6.24. The van der Waals surface area contributed by atoms with Gasteiger partial charge in [-0.1, -0.05) is 24.6 Å². The SMILES string of the molecule is O=C(CCOc1ccccc1)N1C[C@@H]2CCC[C@@]2(C(=O)O)C1. The summed E-state index contributed by atoms with van der Waals surface area (Å²) in [6, 6.07) is 9.38. The van der Waals surface area contributed by atoms with Crippen molar-refractivity contribution in [3.8, 4) is 5.75 Å². The highest BCUT2D eigenvalue weighted by atomic mass is 16.5. The van der Waals surface area contributed by atoms with Crippen LogP contribution in [0.4, 0.5) is 0 Å². The first-order chi connectivity index (χ1) is 10.6. The summed E-state index contributed by atoms with van der Waals surface area (Å²) in [5.41, 5.74) is -0.698. The normalized spacial score (nSPS) is 26.7. The Morgan fingerprint density at radius 3 is 2.77 bits per heavy atom. The van der Waals surface area contributed by atoms with Gasteiger partial charge >= 0.3 is 5.97 Å². The number of amides is 1. The number of carbonyl (C=O) groups excluding carboxylic acids is 1. The summed E-state index contributed by atoms with van der Waals surface area (Å²) in [5, 5.41) is 9.54. The van der Waals surface area contributed by atoms with E-state index >= 15 is 0 Å². The third-order valence-electron chi connectivity index (χ3n) is 4.98. The fraction of sp³-hybridized carbons (Fsp3) is 0.529. The molecular formula is C17H21NO4. The van der Waals surface area contributed by atoms with Crippen molar-refractivity contribution in [3.05, 3.63) is 30.3 Å². The lowest BCUT2D eigenvalue weighted by atomic mass is 9.81. The molecule has 0 spiro atoms. The topological polar surface area (TPSA) is 66.8 Å². The molecule has 0 unspecified atom stereocenters. The maximum absolute atomic E-state index is 12.3. The van der Waals surface area contributed by atoms with Gasteiger partial charge in [0.25, 0.3) is 0 Å². The minimum atomic E-state index is -0.745. The molecule has 5 nitrogen and oxygen atoms in total. The number of benzene rings is 1. The van der Waals surface area contributed by atoms with Crippen molar-refractivity contribution in [2.24, 2.45) is 11.3 Å². The van der Waals surface area contributed by atoms with Crippen LogP contribution in [0.2, 0.25) is 0 Å². The van der Waals surface area contributed by atoms with Crippen LogP contribution < -0.4 is 4.74 Å². The highest BCUT2D eigenvalue weighted by molar-refractivity contribution is 5.81. The maximum atomic E-state index is 12.3. The average molecular weight is 303 g/mol. The number of carbonyl (C=O) groups is 2. The number of fused-ring (bicyclic) bond motifs is 1. The van der Waals surface area contributed by atoms with Crippen molar-refractivity contribution in [1.29, 1.82) is 0 Å². The van der Waals surface area contributed by atoms with Gasteiger partial charge in [-0.05, 0) is 30.9 Å². The third kappa shape index (κ3) is 2.67. The van der Waals surface area contributed by atoms with E-state index in [2.05, 4.69) is 0 Å². The summed E-state index contributed by atoms with van der Waals surface area (Å²) in [5.74, 6) is 0.108. The summed E-state index contributed by atoms with van der Waals surface area (Å²) in [4.78, 5) is 25.6. The molecule has 5 heteroatoms. The summed E-state index contributed by atoms with van der Waals surface area (Å²) < 4.78 is 5.54. The number of ether oxygens (including phenoxy) is 1. The molecule has 2 atom stereocenters. The number of aliphatic carboxylic acids is 1. The minimum absolute atomic E-state index is 0.00837. The van der Waals surface area contributed by atoms with Gasteiger partial charge in [0.1, 0.15) is 5.75 Å². The van der Waals surface area contributed by atoms with E-state index in [1.807, 2.05) is 30.3 Å². The van der Waals surface area contributed by atoms with Crippen molar-refractivity contribution in [3.63, 3.8) is 0 Å². The maximum Gasteiger partial charge on any atom is 0.311 e. The van der Waals surface area contributed by atoms with Crippen LogP contribution in [0.1, 0.15) is 25.7 Å². The van der Waals surface area contributed by atoms with Gasteiger partial charge in [-0.25, -0.2) is 0 Å². The molecule has 3 rings (SSSR count). The van der Waals surface area contributed by atoms with Crippen molar-refractivity contribution in [1.82, 2.24) is 4.90 Å². The molecule has 1 aromatic carbocycles. The zero-order chi connectivity index (χ0) is 15.6. The van der Waals surface area contributed by atoms with Crippen molar-refractivity contribution < 1.29 is 19.4 Å². The molecule has 1 aliphatic heterocycles. The Bertz CT molecular complexity index is 559. The van der Waals surface area contributed by atoms with Crippen LogP contribution in [0, 0.1) is 11.3 Å². The molecule has 0 radical (unpaired) electrons. The highest BCUT2D eigenvalue weighted by Crippen LogP contribution is 2.48. The Balaban J connectivity index is 1.53. The number of hydrogen-bond acceptors (Lipinski definition) is 3. The predicted molar refractivity (Wildman–Crippen MR) is 80.5 cm³/mol. The molecule has 1 saturated carbocycles. The van der Waals surface area contributed by atoms with Gasteiger partial charge in [0.05, 0.1) is 18.4 Å². The lowest BCUT2D eigenvalue weighted by Crippen LogP contribution is -2.37. The van der Waals surface area contributed by atoms with Gasteiger partial charge in [-0.2, -0.15) is 0 Å². The number of hydrogen-bond donors (Lipinski definition) is 1. The molecule has 1 heterocycles. The van der Waals surface area contributed by atoms with E-state index in [9.17, 15) is 14.7 Å². The second-order valence-corrected chi connectivity index (χ2v) is 6.24. The molecule has 2 aliphatic rings. The van der Waals surface area contributed by atoms with Crippen LogP contribution in [-0.4, -0.2) is 41.6 Å². The molecule has 1 saturated heterocycles. The number of nitrogens with zero attached hydrogens (tertiary/aromatic N) is 1. The first kappa shape index (κ1) is 14.9. The quantitative estimate of drug-likeness (QED) is 0.905. The standard InChI is InChI=1S/C17H21NO4/c19-15(8-10-22-14-6-2-1-3-7-14)18-11-13-5-4-9-17(13,12-18)16(20)21/h1-3,6-7,13H,4-5,8-12H2,(H,20,21)/t13-,17+/m0/s1. The first-order valence-electron chi connectivity index (χ1n) is 7.81. The van der Waals surface area contributed by atoms with E-state index in [-0.39, 0.29) is 18.2 Å². The fourth-order valence-electron chi connectivity index (χ4n) is 3.76. The minimum Gasteiger partial charge on any atom is -0.493 e. The van der Waals surface area contributed by atoms with E-state index in [4.69, 9.17) is 4.74 Å². The molecule has 22 heavy (non-hydrogen) atoms. The van der Waals surface area contributed by atoms with Gasteiger partial charge in [-0.15, -0.1) is 0 Å². The molecule has 1 amide bonds. The van der Waals surface area contributed by atoms with Crippen LogP contribution in [-0.2, 0) is 9.59 Å². The average Bonchev–Trinajstić information content (AvgIpc) is 3.06. The fourth-order valence-corrected chi connectivity index (χ4v) is 3.76. The number of likely N-dealkylation sites (tertiary alicyclic amines) is 1. The smallest absolute Gasteiger partial charge is 0.311 e. The Morgan fingerprint density at radius 1 is 1.32 bits per heavy atom. The van der Waals surface area contributed by atoms with E-state index in [0.717, 1.165) is 18.6 Å². The molecular weight excluding hydrogens is 282 g/mol. The highest BCUT2D eigenvalue weighted by Gasteiger charge is 2.55. The lowest BCUT2D eigenvalue weighted by Gasteiger charge is -2.23. The van der Waals surface area contributed by atoms with Gasteiger partial charge in [0.15, 0.2) is 0 Å². The number of para-hydroxylation sites is 1. The Hall–Kier alpha value is -2.04. The van der Waals surface area contributed by atoms with Gasteiger partial charge in [0, 0.05) is 13.1 Å². The van der Waals surface area contributed by atoms with Crippen LogP contribution in [0.25, 0.3) is 0 Å². The number of carboxylic acids is 1. The summed E-state index contributed by atoms with van der Waals surface area (Å²) in [6.07, 6.45) is 2.85. The Morgan fingerprint density at radius 2 is 2.09 bits per heavy atom. The second kappa shape index (κ2) is 5.99. The van der Waals surface area contributed by atoms with Gasteiger partial charge < -0.3 is 14.7 Å². The Labute approximate surface area is 129 Å². The zero-order valence-electron chi connectivity index (χ0n) is 12.5. The van der Waals surface area contributed by atoms with Crippen LogP contribution in [0.15, 0.2) is 30.3 Å². The molecule has 1 aliphatic carbocycles. The molecule has 2 fully saturated rings. The summed E-state index contributed by atoms with van der Waals surface area (Å²) >= 11 is 0. The van der Waals surface area contributed by atoms with Gasteiger partial charge in [-0.3, -0.25) is 9.59 Å². The van der Waals surface area contributed by atoms with E-state index in [1.165, 1.54) is 0 Å². The largest absolute Gasteiger partial charge is 0.493 e. The van der Waals surface area contributed by atoms with Crippen molar-refractivity contribution >= 4 is 11.9 Å². The van der Waals surface area contributed by atoms with E-state index in [0.29, 0.717) is 26.1 Å². The number of carboxylic acid groups (broad SMARTS) is 1. The number of rotatable bonds is 5. The molecule has 1 N–H and O–H groups in total. The monoisotopic (exact) mass is 303 g/mol. The Kier molecular flexibility index (Phi) is 4.05.